The Hall–Kier alpha value is -2.34. The van der Waals surface area contributed by atoms with Crippen LogP contribution in [0.25, 0.3) is 0 Å². The van der Waals surface area contributed by atoms with Gasteiger partial charge in [0.25, 0.3) is 0 Å². The Kier molecular flexibility index (Phi) is 6.08. The largest absolute Gasteiger partial charge is 0.383 e. The highest BCUT2D eigenvalue weighted by molar-refractivity contribution is 7.86. The van der Waals surface area contributed by atoms with Crippen molar-refractivity contribution in [1.82, 2.24) is 4.90 Å². The summed E-state index contributed by atoms with van der Waals surface area (Å²) in [5, 5.41) is 0. The second-order valence-electron chi connectivity index (χ2n) is 7.51. The van der Waals surface area contributed by atoms with Gasteiger partial charge in [-0.3, -0.25) is 4.79 Å². The average molecular weight is 402 g/mol. The number of nitrogens with zero attached hydrogens (tertiary/aromatic N) is 1. The minimum Gasteiger partial charge on any atom is -0.383 e. The van der Waals surface area contributed by atoms with E-state index in [2.05, 4.69) is 26.0 Å². The summed E-state index contributed by atoms with van der Waals surface area (Å²) < 4.78 is 27.4. The van der Waals surface area contributed by atoms with Gasteiger partial charge in [-0.25, -0.2) is 0 Å². The van der Waals surface area contributed by atoms with Gasteiger partial charge < -0.3 is 9.08 Å². The van der Waals surface area contributed by atoms with E-state index >= 15 is 0 Å². The maximum Gasteiger partial charge on any atom is 0.306 e. The van der Waals surface area contributed by atoms with Gasteiger partial charge >= 0.3 is 10.1 Å². The molecule has 0 spiro atoms. The molecule has 0 radical (unpaired) electrons. The van der Waals surface area contributed by atoms with Crippen LogP contribution in [0.1, 0.15) is 43.7 Å². The minimum atomic E-state index is -3.54. The molecule has 1 aliphatic carbocycles. The lowest BCUT2D eigenvalue weighted by molar-refractivity contribution is -0.135. The molecule has 150 valence electrons. The summed E-state index contributed by atoms with van der Waals surface area (Å²) >= 11 is 0. The number of rotatable bonds is 8. The third-order valence-corrected chi connectivity index (χ3v) is 5.76. The fourth-order valence-electron chi connectivity index (χ4n) is 3.44. The zero-order valence-corrected chi connectivity index (χ0v) is 17.4. The Morgan fingerprint density at radius 1 is 1.14 bits per heavy atom. The molecule has 1 fully saturated rings. The second kappa shape index (κ2) is 8.35. The van der Waals surface area contributed by atoms with E-state index in [0.717, 1.165) is 24.7 Å². The van der Waals surface area contributed by atoms with E-state index in [-0.39, 0.29) is 23.6 Å². The molecule has 5 nitrogen and oxygen atoms in total. The third kappa shape index (κ3) is 5.13. The van der Waals surface area contributed by atoms with E-state index in [1.807, 2.05) is 35.2 Å². The van der Waals surface area contributed by atoms with Gasteiger partial charge in [0, 0.05) is 18.5 Å². The van der Waals surface area contributed by atoms with Gasteiger partial charge in [-0.05, 0) is 48.9 Å². The van der Waals surface area contributed by atoms with E-state index in [1.165, 1.54) is 5.56 Å². The molecule has 3 atom stereocenters. The molecule has 0 heterocycles. The number of carbonyl (C=O) groups is 1. The van der Waals surface area contributed by atoms with Crippen LogP contribution in [0.15, 0.2) is 54.6 Å². The Balaban J connectivity index is 1.70. The van der Waals surface area contributed by atoms with Gasteiger partial charge in [0.05, 0.1) is 6.26 Å². The molecule has 1 aliphatic rings. The highest BCUT2D eigenvalue weighted by Crippen LogP contribution is 2.48. The van der Waals surface area contributed by atoms with Gasteiger partial charge in [0.2, 0.25) is 5.91 Å². The zero-order valence-electron chi connectivity index (χ0n) is 16.5. The topological polar surface area (TPSA) is 63.7 Å². The fraction of sp³-hybridized carbons (Fsp3) is 0.409. The first-order valence-electron chi connectivity index (χ1n) is 9.62. The number of hydrogen-bond acceptors (Lipinski definition) is 4. The first-order chi connectivity index (χ1) is 13.3. The van der Waals surface area contributed by atoms with Crippen LogP contribution in [0, 0.1) is 5.92 Å². The van der Waals surface area contributed by atoms with E-state index in [1.54, 1.807) is 12.1 Å². The van der Waals surface area contributed by atoms with Crippen molar-refractivity contribution in [2.45, 2.75) is 45.2 Å². The molecule has 1 saturated carbocycles. The molecule has 0 aromatic heterocycles. The van der Waals surface area contributed by atoms with Gasteiger partial charge in [0.1, 0.15) is 5.75 Å². The zero-order chi connectivity index (χ0) is 20.3. The molecule has 28 heavy (non-hydrogen) atoms. The Bertz CT molecular complexity index is 909. The predicted molar refractivity (Wildman–Crippen MR) is 110 cm³/mol. The smallest absolute Gasteiger partial charge is 0.306 e. The maximum absolute atomic E-state index is 13.2. The summed E-state index contributed by atoms with van der Waals surface area (Å²) in [4.78, 5) is 15.1. The van der Waals surface area contributed by atoms with Crippen molar-refractivity contribution >= 4 is 16.0 Å². The molecule has 2 aromatic carbocycles. The van der Waals surface area contributed by atoms with Crippen LogP contribution in [0.4, 0.5) is 0 Å². The number of hydrogen-bond donors (Lipinski definition) is 0. The molecular weight excluding hydrogens is 374 g/mol. The lowest BCUT2D eigenvalue weighted by atomic mass is 10.1. The minimum absolute atomic E-state index is 0.0456. The molecule has 0 saturated heterocycles. The van der Waals surface area contributed by atoms with Crippen molar-refractivity contribution in [2.24, 2.45) is 5.92 Å². The first-order valence-corrected chi connectivity index (χ1v) is 11.4. The Morgan fingerprint density at radius 3 is 2.36 bits per heavy atom. The van der Waals surface area contributed by atoms with Gasteiger partial charge in [-0.15, -0.1) is 0 Å². The van der Waals surface area contributed by atoms with Crippen molar-refractivity contribution in [3.63, 3.8) is 0 Å². The van der Waals surface area contributed by atoms with E-state index in [0.29, 0.717) is 12.5 Å². The summed E-state index contributed by atoms with van der Waals surface area (Å²) in [5.74, 6) is 0.828. The molecule has 1 amide bonds. The molecule has 0 N–H and O–H groups in total. The molecule has 6 heteroatoms. The number of carbonyl (C=O) groups excluding carboxylic acids is 1. The Labute approximate surface area is 167 Å². The van der Waals surface area contributed by atoms with E-state index in [9.17, 15) is 13.2 Å². The van der Waals surface area contributed by atoms with Crippen molar-refractivity contribution in [3.8, 4) is 5.75 Å². The lowest BCUT2D eigenvalue weighted by Crippen LogP contribution is -2.39. The average Bonchev–Trinajstić information content (AvgIpc) is 3.47. The molecule has 2 aromatic rings. The summed E-state index contributed by atoms with van der Waals surface area (Å²) in [6.07, 6.45) is 2.80. The SMILES string of the molecule is CC[C@H](C)N(Cc1ccc(OS(C)(=O)=O)cc1)C(=O)[C@H]1C[C@H]1c1ccccc1. The summed E-state index contributed by atoms with van der Waals surface area (Å²) in [6.45, 7) is 4.65. The highest BCUT2D eigenvalue weighted by Gasteiger charge is 2.46. The maximum atomic E-state index is 13.2. The third-order valence-electron chi connectivity index (χ3n) is 5.27. The van der Waals surface area contributed by atoms with Gasteiger partial charge in [-0.2, -0.15) is 8.42 Å². The van der Waals surface area contributed by atoms with E-state index in [4.69, 9.17) is 4.18 Å². The van der Waals surface area contributed by atoms with E-state index < -0.39 is 10.1 Å². The fourth-order valence-corrected chi connectivity index (χ4v) is 3.90. The van der Waals surface area contributed by atoms with Gasteiger partial charge in [-0.1, -0.05) is 49.4 Å². The van der Waals surface area contributed by atoms with Crippen LogP contribution in [-0.4, -0.2) is 31.5 Å². The van der Waals surface area contributed by atoms with Crippen molar-refractivity contribution in [3.05, 3.63) is 65.7 Å². The summed E-state index contributed by atoms with van der Waals surface area (Å²) in [5.41, 5.74) is 2.18. The molecular formula is C22H27NO4S. The summed E-state index contributed by atoms with van der Waals surface area (Å²) in [6, 6.07) is 17.2. The quantitative estimate of drug-likeness (QED) is 0.628. The molecule has 0 aliphatic heterocycles. The monoisotopic (exact) mass is 401 g/mol. The normalized spacial score (nSPS) is 19.7. The second-order valence-corrected chi connectivity index (χ2v) is 9.09. The van der Waals surface area contributed by atoms with Crippen LogP contribution < -0.4 is 4.18 Å². The van der Waals surface area contributed by atoms with Crippen LogP contribution in [0.3, 0.4) is 0 Å². The number of benzene rings is 2. The highest BCUT2D eigenvalue weighted by atomic mass is 32.2. The van der Waals surface area contributed by atoms with Crippen molar-refractivity contribution in [1.29, 1.82) is 0 Å². The van der Waals surface area contributed by atoms with Crippen LogP contribution >= 0.6 is 0 Å². The summed E-state index contributed by atoms with van der Waals surface area (Å²) in [7, 11) is -3.54. The lowest BCUT2D eigenvalue weighted by Gasteiger charge is -2.29. The molecule has 3 rings (SSSR count). The number of amides is 1. The van der Waals surface area contributed by atoms with Gasteiger partial charge in [0.15, 0.2) is 0 Å². The first kappa shape index (κ1) is 20.4. The predicted octanol–water partition coefficient (Wildman–Crippen LogP) is 3.96. The standard InChI is InChI=1S/C22H27NO4S/c1-4-16(2)23(15-17-10-12-19(13-11-17)27-28(3,25)26)22(24)21-14-20(21)18-8-6-5-7-9-18/h5-13,16,20-21H,4,14-15H2,1-3H3/t16-,20-,21-/m0/s1. The van der Waals surface area contributed by atoms with Crippen LogP contribution in [0.2, 0.25) is 0 Å². The van der Waals surface area contributed by atoms with Crippen LogP contribution in [0.5, 0.6) is 5.75 Å². The van der Waals surface area contributed by atoms with Crippen LogP contribution in [-0.2, 0) is 21.5 Å². The Morgan fingerprint density at radius 2 is 1.79 bits per heavy atom. The molecule has 0 unspecified atom stereocenters. The van der Waals surface area contributed by atoms with Crippen molar-refractivity contribution < 1.29 is 17.4 Å². The molecule has 0 bridgehead atoms. The van der Waals surface area contributed by atoms with Crippen molar-refractivity contribution in [2.75, 3.05) is 6.26 Å².